The van der Waals surface area contributed by atoms with E-state index >= 15 is 0 Å². The van der Waals surface area contributed by atoms with E-state index < -0.39 is 6.04 Å². The van der Waals surface area contributed by atoms with Gasteiger partial charge in [0.1, 0.15) is 0 Å². The zero-order valence-electron chi connectivity index (χ0n) is 11.0. The maximum atomic E-state index is 11.6. The Morgan fingerprint density at radius 3 is 2.38 bits per heavy atom. The summed E-state index contributed by atoms with van der Waals surface area (Å²) in [7, 11) is 0. The number of carbonyl (C=O) groups is 1. The van der Waals surface area contributed by atoms with E-state index in [0.29, 0.717) is 12.0 Å². The molecule has 3 atom stereocenters. The minimum atomic E-state index is -0.400. The Hall–Kier alpha value is -0.570. The second-order valence-electron chi connectivity index (χ2n) is 6.16. The van der Waals surface area contributed by atoms with Crippen LogP contribution in [0.1, 0.15) is 53.4 Å². The fourth-order valence-corrected chi connectivity index (χ4v) is 2.65. The topological polar surface area (TPSA) is 55.1 Å². The summed E-state index contributed by atoms with van der Waals surface area (Å²) in [4.78, 5) is 11.6. The average Bonchev–Trinajstić information content (AvgIpc) is 2.16. The van der Waals surface area contributed by atoms with Gasteiger partial charge in [-0.05, 0) is 31.1 Å². The molecule has 3 heteroatoms. The van der Waals surface area contributed by atoms with Gasteiger partial charge in [-0.2, -0.15) is 0 Å². The maximum absolute atomic E-state index is 11.6. The molecule has 0 saturated heterocycles. The first kappa shape index (κ1) is 13.5. The highest BCUT2D eigenvalue weighted by atomic mass is 16.2. The van der Waals surface area contributed by atoms with Crippen molar-refractivity contribution in [2.75, 3.05) is 0 Å². The SMILES string of the molecule is C[C@H](N)C(=O)NC1CCCCC1C(C)(C)C. The monoisotopic (exact) mass is 226 g/mol. The number of nitrogens with two attached hydrogens (primary N) is 1. The zero-order chi connectivity index (χ0) is 12.3. The van der Waals surface area contributed by atoms with Crippen molar-refractivity contribution in [1.29, 1.82) is 0 Å². The van der Waals surface area contributed by atoms with E-state index in [-0.39, 0.29) is 11.3 Å². The third-order valence-corrected chi connectivity index (χ3v) is 3.62. The van der Waals surface area contributed by atoms with E-state index in [4.69, 9.17) is 5.73 Å². The molecule has 0 radical (unpaired) electrons. The molecule has 2 unspecified atom stereocenters. The van der Waals surface area contributed by atoms with Gasteiger partial charge in [0, 0.05) is 6.04 Å². The largest absolute Gasteiger partial charge is 0.352 e. The molecule has 1 fully saturated rings. The van der Waals surface area contributed by atoms with Crippen LogP contribution < -0.4 is 11.1 Å². The van der Waals surface area contributed by atoms with E-state index in [1.165, 1.54) is 19.3 Å². The predicted octanol–water partition coefficient (Wildman–Crippen LogP) is 2.05. The normalized spacial score (nSPS) is 28.6. The molecule has 1 amide bonds. The number of amides is 1. The standard InChI is InChI=1S/C13H26N2O/c1-9(14)12(16)15-11-8-6-5-7-10(11)13(2,3)4/h9-11H,5-8,14H2,1-4H3,(H,15,16)/t9-,10?,11?/m0/s1. The summed E-state index contributed by atoms with van der Waals surface area (Å²) in [5, 5.41) is 3.11. The van der Waals surface area contributed by atoms with Crippen LogP contribution in [0.2, 0.25) is 0 Å². The molecular weight excluding hydrogens is 200 g/mol. The molecule has 0 heterocycles. The Bertz CT molecular complexity index is 243. The molecule has 0 bridgehead atoms. The van der Waals surface area contributed by atoms with Crippen LogP contribution in [0.5, 0.6) is 0 Å². The molecule has 1 aliphatic rings. The van der Waals surface area contributed by atoms with Crippen molar-refractivity contribution in [3.8, 4) is 0 Å². The second-order valence-corrected chi connectivity index (χ2v) is 6.16. The van der Waals surface area contributed by atoms with Gasteiger partial charge in [-0.15, -0.1) is 0 Å². The first-order chi connectivity index (χ1) is 7.32. The molecule has 0 aromatic carbocycles. The molecular formula is C13H26N2O. The summed E-state index contributed by atoms with van der Waals surface area (Å²) >= 11 is 0. The third kappa shape index (κ3) is 3.48. The fourth-order valence-electron chi connectivity index (χ4n) is 2.65. The molecule has 16 heavy (non-hydrogen) atoms. The summed E-state index contributed by atoms with van der Waals surface area (Å²) in [5.41, 5.74) is 5.86. The molecule has 1 aliphatic carbocycles. The van der Waals surface area contributed by atoms with Gasteiger partial charge in [0.2, 0.25) is 5.91 Å². The van der Waals surface area contributed by atoms with Crippen molar-refractivity contribution in [2.24, 2.45) is 17.1 Å². The van der Waals surface area contributed by atoms with Crippen molar-refractivity contribution >= 4 is 5.91 Å². The van der Waals surface area contributed by atoms with Crippen molar-refractivity contribution in [1.82, 2.24) is 5.32 Å². The van der Waals surface area contributed by atoms with Crippen LogP contribution in [-0.2, 0) is 4.79 Å². The molecule has 3 N–H and O–H groups in total. The average molecular weight is 226 g/mol. The van der Waals surface area contributed by atoms with E-state index in [1.54, 1.807) is 6.92 Å². The number of hydrogen-bond acceptors (Lipinski definition) is 2. The number of hydrogen-bond donors (Lipinski definition) is 2. The number of rotatable bonds is 2. The van der Waals surface area contributed by atoms with Gasteiger partial charge in [0.15, 0.2) is 0 Å². The van der Waals surface area contributed by atoms with Crippen molar-refractivity contribution in [3.63, 3.8) is 0 Å². The van der Waals surface area contributed by atoms with Crippen LogP contribution in [0.15, 0.2) is 0 Å². The number of carbonyl (C=O) groups excluding carboxylic acids is 1. The van der Waals surface area contributed by atoms with Gasteiger partial charge in [-0.25, -0.2) is 0 Å². The summed E-state index contributed by atoms with van der Waals surface area (Å²) in [6, 6.07) is -0.0882. The summed E-state index contributed by atoms with van der Waals surface area (Å²) < 4.78 is 0. The van der Waals surface area contributed by atoms with Crippen LogP contribution in [0.25, 0.3) is 0 Å². The zero-order valence-corrected chi connectivity index (χ0v) is 11.0. The van der Waals surface area contributed by atoms with Crippen LogP contribution in [0.4, 0.5) is 0 Å². The molecule has 0 aromatic rings. The minimum Gasteiger partial charge on any atom is -0.352 e. The summed E-state index contributed by atoms with van der Waals surface area (Å²) in [6.07, 6.45) is 4.82. The van der Waals surface area contributed by atoms with Crippen LogP contribution in [0, 0.1) is 11.3 Å². The van der Waals surface area contributed by atoms with Gasteiger partial charge >= 0.3 is 0 Å². The summed E-state index contributed by atoms with van der Waals surface area (Å²) in [5.74, 6) is 0.560. The Morgan fingerprint density at radius 2 is 1.88 bits per heavy atom. The van der Waals surface area contributed by atoms with E-state index in [2.05, 4.69) is 26.1 Å². The minimum absolute atomic E-state index is 0.0128. The first-order valence-electron chi connectivity index (χ1n) is 6.38. The van der Waals surface area contributed by atoms with Gasteiger partial charge in [-0.3, -0.25) is 4.79 Å². The maximum Gasteiger partial charge on any atom is 0.236 e. The van der Waals surface area contributed by atoms with Crippen LogP contribution >= 0.6 is 0 Å². The van der Waals surface area contributed by atoms with E-state index in [9.17, 15) is 4.79 Å². The smallest absolute Gasteiger partial charge is 0.236 e. The van der Waals surface area contributed by atoms with Gasteiger partial charge in [-0.1, -0.05) is 33.6 Å². The quantitative estimate of drug-likeness (QED) is 0.757. The van der Waals surface area contributed by atoms with Crippen molar-refractivity contribution < 1.29 is 4.79 Å². The van der Waals surface area contributed by atoms with Crippen LogP contribution in [0.3, 0.4) is 0 Å². The molecule has 94 valence electrons. The lowest BCUT2D eigenvalue weighted by atomic mass is 9.69. The molecule has 0 spiro atoms. The highest BCUT2D eigenvalue weighted by molar-refractivity contribution is 5.81. The van der Waals surface area contributed by atoms with E-state index in [0.717, 1.165) is 6.42 Å². The fraction of sp³-hybridized carbons (Fsp3) is 0.923. The Labute approximate surface area is 99.2 Å². The lowest BCUT2D eigenvalue weighted by Gasteiger charge is -2.41. The predicted molar refractivity (Wildman–Crippen MR) is 67.0 cm³/mol. The highest BCUT2D eigenvalue weighted by Gasteiger charge is 2.35. The lowest BCUT2D eigenvalue weighted by Crippen LogP contribution is -2.50. The van der Waals surface area contributed by atoms with Crippen molar-refractivity contribution in [2.45, 2.75) is 65.5 Å². The molecule has 0 aliphatic heterocycles. The first-order valence-corrected chi connectivity index (χ1v) is 6.38. The number of nitrogens with one attached hydrogen (secondary N) is 1. The van der Waals surface area contributed by atoms with Gasteiger partial charge in [0.25, 0.3) is 0 Å². The highest BCUT2D eigenvalue weighted by Crippen LogP contribution is 2.37. The van der Waals surface area contributed by atoms with Crippen molar-refractivity contribution in [3.05, 3.63) is 0 Å². The van der Waals surface area contributed by atoms with Gasteiger partial charge in [0.05, 0.1) is 6.04 Å². The Balaban J connectivity index is 2.64. The lowest BCUT2D eigenvalue weighted by molar-refractivity contribution is -0.123. The van der Waals surface area contributed by atoms with E-state index in [1.807, 2.05) is 0 Å². The van der Waals surface area contributed by atoms with Gasteiger partial charge < -0.3 is 11.1 Å². The molecule has 1 rings (SSSR count). The second kappa shape index (κ2) is 5.17. The molecule has 0 aromatic heterocycles. The molecule has 1 saturated carbocycles. The molecule has 3 nitrogen and oxygen atoms in total. The summed E-state index contributed by atoms with van der Waals surface area (Å²) in [6.45, 7) is 8.51. The third-order valence-electron chi connectivity index (χ3n) is 3.62. The Kier molecular flexibility index (Phi) is 4.36. The van der Waals surface area contributed by atoms with Crippen LogP contribution in [-0.4, -0.2) is 18.0 Å². The Morgan fingerprint density at radius 1 is 1.31 bits per heavy atom.